The first-order valence-corrected chi connectivity index (χ1v) is 6.10. The van der Waals surface area contributed by atoms with Gasteiger partial charge in [-0.25, -0.2) is 0 Å². The van der Waals surface area contributed by atoms with E-state index in [1.165, 1.54) is 0 Å². The highest BCUT2D eigenvalue weighted by atomic mass is 16.5. The first-order valence-electron chi connectivity index (χ1n) is 6.10. The number of oxime groups is 1. The molecular weight excluding hydrogens is 222 g/mol. The fourth-order valence-corrected chi connectivity index (χ4v) is 2.12. The Morgan fingerprint density at radius 1 is 1.47 bits per heavy atom. The van der Waals surface area contributed by atoms with Crippen LogP contribution in [0, 0.1) is 0 Å². The summed E-state index contributed by atoms with van der Waals surface area (Å²) in [5.41, 5.74) is 5.39. The summed E-state index contributed by atoms with van der Waals surface area (Å²) in [6.45, 7) is 4.74. The SMILES string of the molecule is CC1CN(CCCCC(N)=NO)CC(CO)O1. The quantitative estimate of drug-likeness (QED) is 0.201. The molecule has 1 aliphatic heterocycles. The molecule has 4 N–H and O–H groups in total. The van der Waals surface area contributed by atoms with Crippen LogP contribution in [0.15, 0.2) is 5.16 Å². The topological polar surface area (TPSA) is 91.3 Å². The van der Waals surface area contributed by atoms with Crippen LogP contribution in [0.3, 0.4) is 0 Å². The Labute approximate surface area is 102 Å². The molecule has 0 bridgehead atoms. The van der Waals surface area contributed by atoms with Gasteiger partial charge in [-0.2, -0.15) is 0 Å². The molecule has 0 radical (unpaired) electrons. The molecule has 0 saturated carbocycles. The third-order valence-corrected chi connectivity index (χ3v) is 2.89. The molecule has 6 heteroatoms. The molecule has 0 amide bonds. The minimum absolute atomic E-state index is 0.0668. The molecule has 6 nitrogen and oxygen atoms in total. The molecule has 1 fully saturated rings. The third-order valence-electron chi connectivity index (χ3n) is 2.89. The van der Waals surface area contributed by atoms with Gasteiger partial charge in [-0.1, -0.05) is 5.16 Å². The number of nitrogens with zero attached hydrogens (tertiary/aromatic N) is 2. The summed E-state index contributed by atoms with van der Waals surface area (Å²) in [6, 6.07) is 0. The van der Waals surface area contributed by atoms with Crippen molar-refractivity contribution < 1.29 is 15.1 Å². The highest BCUT2D eigenvalue weighted by Gasteiger charge is 2.23. The van der Waals surface area contributed by atoms with Gasteiger partial charge >= 0.3 is 0 Å². The van der Waals surface area contributed by atoms with Crippen molar-refractivity contribution >= 4 is 5.84 Å². The Morgan fingerprint density at radius 2 is 2.24 bits per heavy atom. The lowest BCUT2D eigenvalue weighted by Crippen LogP contribution is -2.48. The normalized spacial score (nSPS) is 27.3. The van der Waals surface area contributed by atoms with Gasteiger partial charge in [0.1, 0.15) is 5.84 Å². The van der Waals surface area contributed by atoms with E-state index in [0.29, 0.717) is 6.42 Å². The van der Waals surface area contributed by atoms with E-state index >= 15 is 0 Å². The number of morpholine rings is 1. The number of nitrogens with two attached hydrogens (primary N) is 1. The van der Waals surface area contributed by atoms with Crippen LogP contribution in [0.25, 0.3) is 0 Å². The van der Waals surface area contributed by atoms with Crippen molar-refractivity contribution in [3.63, 3.8) is 0 Å². The average molecular weight is 245 g/mol. The Hall–Kier alpha value is -0.850. The number of ether oxygens (including phenoxy) is 1. The van der Waals surface area contributed by atoms with Crippen molar-refractivity contribution in [3.05, 3.63) is 0 Å². The lowest BCUT2D eigenvalue weighted by molar-refractivity contribution is -0.0952. The maximum atomic E-state index is 9.09. The smallest absolute Gasteiger partial charge is 0.139 e. The predicted molar refractivity (Wildman–Crippen MR) is 65.1 cm³/mol. The number of amidine groups is 1. The molecule has 1 saturated heterocycles. The van der Waals surface area contributed by atoms with Gasteiger partial charge in [0, 0.05) is 19.5 Å². The lowest BCUT2D eigenvalue weighted by atomic mass is 10.2. The highest BCUT2D eigenvalue weighted by Crippen LogP contribution is 2.11. The molecule has 1 aliphatic rings. The molecule has 2 atom stereocenters. The van der Waals surface area contributed by atoms with E-state index in [1.54, 1.807) is 0 Å². The number of hydrogen-bond acceptors (Lipinski definition) is 5. The van der Waals surface area contributed by atoms with Gasteiger partial charge in [0.25, 0.3) is 0 Å². The van der Waals surface area contributed by atoms with Crippen molar-refractivity contribution in [3.8, 4) is 0 Å². The van der Waals surface area contributed by atoms with E-state index < -0.39 is 0 Å². The molecule has 1 rings (SSSR count). The van der Waals surface area contributed by atoms with E-state index in [0.717, 1.165) is 32.5 Å². The fourth-order valence-electron chi connectivity index (χ4n) is 2.12. The predicted octanol–water partition coefficient (Wildman–Crippen LogP) is -0.0153. The molecule has 0 aromatic rings. The van der Waals surface area contributed by atoms with E-state index in [4.69, 9.17) is 20.8 Å². The first-order chi connectivity index (χ1) is 8.15. The summed E-state index contributed by atoms with van der Waals surface area (Å²) in [6.07, 6.45) is 2.64. The molecule has 1 heterocycles. The van der Waals surface area contributed by atoms with Crippen LogP contribution < -0.4 is 5.73 Å². The molecule has 0 aromatic carbocycles. The van der Waals surface area contributed by atoms with Gasteiger partial charge in [-0.05, 0) is 26.3 Å². The van der Waals surface area contributed by atoms with Crippen molar-refractivity contribution in [2.45, 2.75) is 38.4 Å². The van der Waals surface area contributed by atoms with Crippen molar-refractivity contribution in [2.24, 2.45) is 10.9 Å². The van der Waals surface area contributed by atoms with Crippen LogP contribution in [0.2, 0.25) is 0 Å². The standard InChI is InChI=1S/C11H23N3O3/c1-9-6-14(7-10(8-15)17-9)5-3-2-4-11(12)13-16/h9-10,15-16H,2-8H2,1H3,(H2,12,13). The largest absolute Gasteiger partial charge is 0.409 e. The maximum absolute atomic E-state index is 9.09. The molecule has 100 valence electrons. The summed E-state index contributed by atoms with van der Waals surface area (Å²) in [5.74, 6) is 0.286. The number of unbranched alkanes of at least 4 members (excludes halogenated alkanes) is 1. The minimum Gasteiger partial charge on any atom is -0.409 e. The minimum atomic E-state index is -0.0668. The molecule has 0 aliphatic carbocycles. The number of rotatable bonds is 6. The van der Waals surface area contributed by atoms with Gasteiger partial charge in [0.15, 0.2) is 0 Å². The number of aliphatic hydroxyl groups is 1. The van der Waals surface area contributed by atoms with Crippen molar-refractivity contribution in [1.29, 1.82) is 0 Å². The summed E-state index contributed by atoms with van der Waals surface area (Å²) >= 11 is 0. The van der Waals surface area contributed by atoms with Crippen molar-refractivity contribution in [1.82, 2.24) is 4.90 Å². The third kappa shape index (κ3) is 5.34. The zero-order chi connectivity index (χ0) is 12.7. The number of hydrogen-bond donors (Lipinski definition) is 3. The van der Waals surface area contributed by atoms with Crippen LogP contribution in [0.4, 0.5) is 0 Å². The van der Waals surface area contributed by atoms with E-state index in [1.807, 2.05) is 6.92 Å². The molecule has 0 aromatic heterocycles. The Kier molecular flexibility index (Phi) is 6.25. The monoisotopic (exact) mass is 245 g/mol. The van der Waals surface area contributed by atoms with Gasteiger partial charge in [-0.15, -0.1) is 0 Å². The lowest BCUT2D eigenvalue weighted by Gasteiger charge is -2.36. The number of aliphatic hydroxyl groups excluding tert-OH is 1. The zero-order valence-electron chi connectivity index (χ0n) is 10.4. The highest BCUT2D eigenvalue weighted by molar-refractivity contribution is 5.79. The zero-order valence-corrected chi connectivity index (χ0v) is 10.4. The van der Waals surface area contributed by atoms with E-state index in [2.05, 4.69) is 10.1 Å². The van der Waals surface area contributed by atoms with Crippen LogP contribution in [0.1, 0.15) is 26.2 Å². The van der Waals surface area contributed by atoms with Crippen LogP contribution in [0.5, 0.6) is 0 Å². The van der Waals surface area contributed by atoms with Crippen LogP contribution in [-0.2, 0) is 4.74 Å². The second kappa shape index (κ2) is 7.47. The molecule has 2 unspecified atom stereocenters. The summed E-state index contributed by atoms with van der Waals surface area (Å²) in [5, 5.41) is 20.4. The Morgan fingerprint density at radius 3 is 2.88 bits per heavy atom. The second-order valence-electron chi connectivity index (χ2n) is 4.56. The second-order valence-corrected chi connectivity index (χ2v) is 4.56. The Bertz CT molecular complexity index is 248. The molecular formula is C11H23N3O3. The van der Waals surface area contributed by atoms with Gasteiger partial charge in [0.2, 0.25) is 0 Å². The van der Waals surface area contributed by atoms with Crippen LogP contribution >= 0.6 is 0 Å². The molecule has 17 heavy (non-hydrogen) atoms. The van der Waals surface area contributed by atoms with Gasteiger partial charge in [0.05, 0.1) is 18.8 Å². The maximum Gasteiger partial charge on any atom is 0.139 e. The van der Waals surface area contributed by atoms with Gasteiger partial charge in [-0.3, -0.25) is 4.90 Å². The summed E-state index contributed by atoms with van der Waals surface area (Å²) in [7, 11) is 0. The Balaban J connectivity index is 2.18. The molecule has 0 spiro atoms. The van der Waals surface area contributed by atoms with Gasteiger partial charge < -0.3 is 20.8 Å². The summed E-state index contributed by atoms with van der Waals surface area (Å²) < 4.78 is 5.56. The van der Waals surface area contributed by atoms with Crippen molar-refractivity contribution in [2.75, 3.05) is 26.2 Å². The average Bonchev–Trinajstić information content (AvgIpc) is 2.33. The van der Waals surface area contributed by atoms with Crippen LogP contribution in [-0.4, -0.2) is 59.5 Å². The first kappa shape index (κ1) is 14.2. The fraction of sp³-hybridized carbons (Fsp3) is 0.909. The summed E-state index contributed by atoms with van der Waals surface area (Å²) in [4.78, 5) is 2.29. The van der Waals surface area contributed by atoms with E-state index in [9.17, 15) is 0 Å². The van der Waals surface area contributed by atoms with E-state index in [-0.39, 0.29) is 24.7 Å².